The minimum atomic E-state index is -0.645. The molecule has 0 radical (unpaired) electrons. The van der Waals surface area contributed by atoms with Gasteiger partial charge in [0.25, 0.3) is 0 Å². The molecular weight excluding hydrogens is 244 g/mol. The third-order valence-electron chi connectivity index (χ3n) is 3.42. The van der Waals surface area contributed by atoms with Gasteiger partial charge in [0.05, 0.1) is 19.8 Å². The molecule has 19 heavy (non-hydrogen) atoms. The van der Waals surface area contributed by atoms with Crippen molar-refractivity contribution in [1.82, 2.24) is 0 Å². The van der Waals surface area contributed by atoms with E-state index < -0.39 is 6.10 Å². The Balaban J connectivity index is 1.90. The Morgan fingerprint density at radius 3 is 2.63 bits per heavy atom. The highest BCUT2D eigenvalue weighted by Gasteiger charge is 2.28. The second-order valence-corrected chi connectivity index (χ2v) is 4.72. The first kappa shape index (κ1) is 14.1. The fourth-order valence-electron chi connectivity index (χ4n) is 2.16. The molecule has 2 rings (SSSR count). The van der Waals surface area contributed by atoms with E-state index in [1.807, 2.05) is 36.4 Å². The minimum Gasteiger partial charge on any atom is -0.497 e. The van der Waals surface area contributed by atoms with Crippen LogP contribution in [0.4, 0.5) is 0 Å². The Kier molecular flexibility index (Phi) is 4.96. The molecule has 0 heterocycles. The molecule has 0 bridgehead atoms. The predicted molar refractivity (Wildman–Crippen MR) is 71.9 cm³/mol. The fraction of sp³-hybridized carbons (Fsp3) is 0.467. The molecule has 1 aromatic rings. The van der Waals surface area contributed by atoms with Crippen LogP contribution >= 0.6 is 0 Å². The van der Waals surface area contributed by atoms with Gasteiger partial charge in [0, 0.05) is 12.5 Å². The average Bonchev–Trinajstić information content (AvgIpc) is 2.47. The van der Waals surface area contributed by atoms with Gasteiger partial charge in [0.2, 0.25) is 0 Å². The van der Waals surface area contributed by atoms with Crippen LogP contribution in [0.1, 0.15) is 12.0 Å². The van der Waals surface area contributed by atoms with Crippen molar-refractivity contribution in [3.05, 3.63) is 42.0 Å². The van der Waals surface area contributed by atoms with E-state index in [2.05, 4.69) is 0 Å². The van der Waals surface area contributed by atoms with Gasteiger partial charge in [0.1, 0.15) is 11.9 Å². The predicted octanol–water partition coefficient (Wildman–Crippen LogP) is 1.51. The molecule has 0 saturated heterocycles. The zero-order chi connectivity index (χ0) is 13.7. The lowest BCUT2D eigenvalue weighted by molar-refractivity contribution is -0.0592. The average molecular weight is 264 g/mol. The first-order valence-electron chi connectivity index (χ1n) is 6.44. The van der Waals surface area contributed by atoms with Crippen LogP contribution in [0.25, 0.3) is 0 Å². The van der Waals surface area contributed by atoms with Crippen molar-refractivity contribution in [2.45, 2.75) is 25.2 Å². The summed E-state index contributed by atoms with van der Waals surface area (Å²) in [6, 6.07) is 7.62. The van der Waals surface area contributed by atoms with E-state index in [1.54, 1.807) is 7.11 Å². The SMILES string of the molecule is COc1ccc(COC2C=CCC(CO)C2O)cc1. The van der Waals surface area contributed by atoms with Crippen LogP contribution in [0.5, 0.6) is 5.75 Å². The minimum absolute atomic E-state index is 0.0199. The summed E-state index contributed by atoms with van der Waals surface area (Å²) in [4.78, 5) is 0. The highest BCUT2D eigenvalue weighted by atomic mass is 16.5. The maximum absolute atomic E-state index is 10.0. The number of methoxy groups -OCH3 is 1. The second kappa shape index (κ2) is 6.70. The van der Waals surface area contributed by atoms with Gasteiger partial charge in [-0.25, -0.2) is 0 Å². The smallest absolute Gasteiger partial charge is 0.118 e. The zero-order valence-corrected chi connectivity index (χ0v) is 11.0. The largest absolute Gasteiger partial charge is 0.497 e. The highest BCUT2D eigenvalue weighted by Crippen LogP contribution is 2.22. The summed E-state index contributed by atoms with van der Waals surface area (Å²) < 4.78 is 10.8. The molecule has 1 aliphatic rings. The van der Waals surface area contributed by atoms with E-state index in [-0.39, 0.29) is 18.6 Å². The molecule has 3 unspecified atom stereocenters. The van der Waals surface area contributed by atoms with Gasteiger partial charge in [-0.1, -0.05) is 24.3 Å². The van der Waals surface area contributed by atoms with Gasteiger partial charge in [-0.2, -0.15) is 0 Å². The Morgan fingerprint density at radius 2 is 2.00 bits per heavy atom. The molecule has 0 aliphatic heterocycles. The molecule has 0 aromatic heterocycles. The zero-order valence-electron chi connectivity index (χ0n) is 11.0. The molecule has 1 aromatic carbocycles. The lowest BCUT2D eigenvalue weighted by Gasteiger charge is -2.29. The van der Waals surface area contributed by atoms with E-state index >= 15 is 0 Å². The number of allylic oxidation sites excluding steroid dienone is 1. The van der Waals surface area contributed by atoms with Crippen LogP contribution < -0.4 is 4.74 Å². The standard InChI is InChI=1S/C15H20O4/c1-18-13-7-5-11(6-8-13)10-19-14-4-2-3-12(9-16)15(14)17/h2,4-8,12,14-17H,3,9-10H2,1H3. The second-order valence-electron chi connectivity index (χ2n) is 4.72. The van der Waals surface area contributed by atoms with E-state index in [4.69, 9.17) is 14.6 Å². The van der Waals surface area contributed by atoms with Crippen molar-refractivity contribution in [3.63, 3.8) is 0 Å². The van der Waals surface area contributed by atoms with Crippen molar-refractivity contribution >= 4 is 0 Å². The molecule has 4 heteroatoms. The van der Waals surface area contributed by atoms with Crippen LogP contribution in [0.2, 0.25) is 0 Å². The maximum Gasteiger partial charge on any atom is 0.118 e. The molecular formula is C15H20O4. The first-order chi connectivity index (χ1) is 9.24. The number of ether oxygens (including phenoxy) is 2. The van der Waals surface area contributed by atoms with Gasteiger partial charge >= 0.3 is 0 Å². The Morgan fingerprint density at radius 1 is 1.26 bits per heavy atom. The summed E-state index contributed by atoms with van der Waals surface area (Å²) >= 11 is 0. The van der Waals surface area contributed by atoms with Crippen LogP contribution in [0, 0.1) is 5.92 Å². The molecule has 0 saturated carbocycles. The van der Waals surface area contributed by atoms with Gasteiger partial charge in [-0.15, -0.1) is 0 Å². The monoisotopic (exact) mass is 264 g/mol. The van der Waals surface area contributed by atoms with E-state index in [0.717, 1.165) is 11.3 Å². The molecule has 2 N–H and O–H groups in total. The van der Waals surface area contributed by atoms with Crippen LogP contribution in [0.15, 0.2) is 36.4 Å². The molecule has 1 aliphatic carbocycles. The number of aliphatic hydroxyl groups excluding tert-OH is 2. The number of benzene rings is 1. The topological polar surface area (TPSA) is 58.9 Å². The van der Waals surface area contributed by atoms with E-state index in [9.17, 15) is 5.11 Å². The van der Waals surface area contributed by atoms with E-state index in [0.29, 0.717) is 13.0 Å². The lowest BCUT2D eigenvalue weighted by atomic mass is 9.90. The molecule has 0 spiro atoms. The quantitative estimate of drug-likeness (QED) is 0.791. The summed E-state index contributed by atoms with van der Waals surface area (Å²) in [6.45, 7) is 0.405. The van der Waals surface area contributed by atoms with Crippen LogP contribution in [-0.4, -0.2) is 36.1 Å². The van der Waals surface area contributed by atoms with Crippen molar-refractivity contribution in [2.75, 3.05) is 13.7 Å². The lowest BCUT2D eigenvalue weighted by Crippen LogP contribution is -2.38. The van der Waals surface area contributed by atoms with Gasteiger partial charge in [-0.05, 0) is 24.1 Å². The maximum atomic E-state index is 10.0. The summed E-state index contributed by atoms with van der Waals surface area (Å²) in [5.74, 6) is 0.674. The number of aliphatic hydroxyl groups is 2. The summed E-state index contributed by atoms with van der Waals surface area (Å²) in [6.07, 6.45) is 3.51. The summed E-state index contributed by atoms with van der Waals surface area (Å²) in [7, 11) is 1.63. The molecule has 104 valence electrons. The van der Waals surface area contributed by atoms with Crippen molar-refractivity contribution < 1.29 is 19.7 Å². The van der Waals surface area contributed by atoms with Crippen molar-refractivity contribution in [3.8, 4) is 5.75 Å². The highest BCUT2D eigenvalue weighted by molar-refractivity contribution is 5.26. The number of hydrogen-bond donors (Lipinski definition) is 2. The number of rotatable bonds is 5. The molecule has 0 amide bonds. The van der Waals surface area contributed by atoms with Crippen LogP contribution in [0.3, 0.4) is 0 Å². The summed E-state index contributed by atoms with van der Waals surface area (Å²) in [5.41, 5.74) is 1.02. The molecule has 0 fully saturated rings. The Hall–Kier alpha value is -1.36. The van der Waals surface area contributed by atoms with E-state index in [1.165, 1.54) is 0 Å². The Bertz CT molecular complexity index is 413. The Labute approximate surface area is 113 Å². The van der Waals surface area contributed by atoms with Crippen molar-refractivity contribution in [2.24, 2.45) is 5.92 Å². The van der Waals surface area contributed by atoms with Gasteiger partial charge < -0.3 is 19.7 Å². The number of hydrogen-bond acceptors (Lipinski definition) is 4. The van der Waals surface area contributed by atoms with Crippen molar-refractivity contribution in [1.29, 1.82) is 0 Å². The third kappa shape index (κ3) is 3.56. The fourth-order valence-corrected chi connectivity index (χ4v) is 2.16. The van der Waals surface area contributed by atoms with Gasteiger partial charge in [-0.3, -0.25) is 0 Å². The third-order valence-corrected chi connectivity index (χ3v) is 3.42. The summed E-state index contributed by atoms with van der Waals surface area (Å²) in [5, 5.41) is 19.2. The van der Waals surface area contributed by atoms with Crippen LogP contribution in [-0.2, 0) is 11.3 Å². The normalized spacial score (nSPS) is 26.4. The molecule has 3 atom stereocenters. The molecule has 4 nitrogen and oxygen atoms in total. The first-order valence-corrected chi connectivity index (χ1v) is 6.44. The van der Waals surface area contributed by atoms with Gasteiger partial charge in [0.15, 0.2) is 0 Å².